The van der Waals surface area contributed by atoms with Crippen LogP contribution < -0.4 is 5.32 Å². The summed E-state index contributed by atoms with van der Waals surface area (Å²) in [5.41, 5.74) is 1.49. The van der Waals surface area contributed by atoms with Gasteiger partial charge in [-0.15, -0.1) is 5.06 Å². The lowest BCUT2D eigenvalue weighted by Crippen LogP contribution is -2.47. The maximum absolute atomic E-state index is 13.3. The molecule has 8 heteroatoms. The van der Waals surface area contributed by atoms with E-state index in [1.54, 1.807) is 9.96 Å². The van der Waals surface area contributed by atoms with Gasteiger partial charge in [0.25, 0.3) is 5.91 Å². The summed E-state index contributed by atoms with van der Waals surface area (Å²) in [6, 6.07) is 18.7. The van der Waals surface area contributed by atoms with E-state index in [0.717, 1.165) is 24.0 Å². The molecule has 8 nitrogen and oxygen atoms in total. The number of nitrogens with one attached hydrogen (secondary N) is 1. The summed E-state index contributed by atoms with van der Waals surface area (Å²) < 4.78 is 5.66. The average Bonchev–Trinajstić information content (AvgIpc) is 3.66. The molecule has 0 aliphatic carbocycles. The summed E-state index contributed by atoms with van der Waals surface area (Å²) in [4.78, 5) is 46.7. The topological polar surface area (TPSA) is 91.3 Å². The van der Waals surface area contributed by atoms with Gasteiger partial charge < -0.3 is 15.0 Å². The molecule has 2 heterocycles. The molecule has 0 spiro atoms. The van der Waals surface area contributed by atoms with E-state index in [1.165, 1.54) is 0 Å². The Hall–Kier alpha value is -3.23. The molecule has 0 bridgehead atoms. The summed E-state index contributed by atoms with van der Waals surface area (Å²) >= 11 is 0. The van der Waals surface area contributed by atoms with Crippen LogP contribution in [0.5, 0.6) is 0 Å². The minimum atomic E-state index is -0.926. The standard InChI is InChI=1S/C29H37N3O5/c1-5-6-17-23(24(33)27-32(37-27)20(2)22-15-11-8-12-16-22)30-28(35)36-25-26(34)31(19-29(25,3)4)18-21-13-9-7-10-14-21/h7-16,20,23,25,27H,5-6,17-19H2,1-4H3,(H,30,35)/t20-,23+,25?,27?,32?/m1/s1. The van der Waals surface area contributed by atoms with Crippen molar-refractivity contribution in [2.45, 2.75) is 77.9 Å². The first-order valence-electron chi connectivity index (χ1n) is 13.0. The van der Waals surface area contributed by atoms with E-state index in [9.17, 15) is 14.4 Å². The van der Waals surface area contributed by atoms with Crippen molar-refractivity contribution < 1.29 is 24.0 Å². The van der Waals surface area contributed by atoms with Gasteiger partial charge in [0.05, 0.1) is 12.1 Å². The molecule has 2 aromatic rings. The first-order valence-corrected chi connectivity index (χ1v) is 13.0. The number of carbonyl (C=O) groups is 3. The normalized spacial score (nSPS) is 23.8. The number of amides is 2. The van der Waals surface area contributed by atoms with Crippen molar-refractivity contribution in [2.24, 2.45) is 5.41 Å². The highest BCUT2D eigenvalue weighted by Gasteiger charge is 2.51. The molecule has 2 saturated heterocycles. The predicted molar refractivity (Wildman–Crippen MR) is 139 cm³/mol. The lowest BCUT2D eigenvalue weighted by molar-refractivity contribution is -0.136. The van der Waals surface area contributed by atoms with E-state index in [0.29, 0.717) is 19.5 Å². The first kappa shape index (κ1) is 26.8. The fourth-order valence-electron chi connectivity index (χ4n) is 4.89. The maximum atomic E-state index is 13.3. The van der Waals surface area contributed by atoms with Crippen molar-refractivity contribution in [1.29, 1.82) is 0 Å². The van der Waals surface area contributed by atoms with Gasteiger partial charge in [0.2, 0.25) is 12.0 Å². The number of nitrogens with zero attached hydrogens (tertiary/aromatic N) is 2. The smallest absolute Gasteiger partial charge is 0.408 e. The third-order valence-electron chi connectivity index (χ3n) is 7.08. The molecule has 1 N–H and O–H groups in total. The van der Waals surface area contributed by atoms with E-state index >= 15 is 0 Å². The van der Waals surface area contributed by atoms with Gasteiger partial charge in [-0.3, -0.25) is 14.4 Å². The molecular weight excluding hydrogens is 470 g/mol. The van der Waals surface area contributed by atoms with E-state index in [4.69, 9.17) is 9.57 Å². The molecule has 4 rings (SSSR count). The number of ether oxygens (including phenoxy) is 1. The lowest BCUT2D eigenvalue weighted by Gasteiger charge is -2.25. The van der Waals surface area contributed by atoms with Crippen LogP contribution >= 0.6 is 0 Å². The Morgan fingerprint density at radius 2 is 1.76 bits per heavy atom. The van der Waals surface area contributed by atoms with Crippen molar-refractivity contribution in [3.8, 4) is 0 Å². The Balaban J connectivity index is 1.37. The van der Waals surface area contributed by atoms with Crippen LogP contribution in [0.25, 0.3) is 0 Å². The van der Waals surface area contributed by atoms with Gasteiger partial charge in [0.15, 0.2) is 6.10 Å². The van der Waals surface area contributed by atoms with Crippen molar-refractivity contribution >= 4 is 17.8 Å². The molecule has 0 saturated carbocycles. The van der Waals surface area contributed by atoms with E-state index in [2.05, 4.69) is 5.32 Å². The molecule has 0 radical (unpaired) electrons. The Bertz CT molecular complexity index is 1090. The Kier molecular flexibility index (Phi) is 8.29. The number of hydrogen-bond donors (Lipinski definition) is 1. The Morgan fingerprint density at radius 3 is 2.41 bits per heavy atom. The SMILES string of the molecule is CCCC[C@H](NC(=O)OC1C(=O)N(Cc2ccccc2)CC1(C)C)C(=O)C1ON1[C@H](C)c1ccccc1. The van der Waals surface area contributed by atoms with Crippen molar-refractivity contribution in [3.05, 3.63) is 71.8 Å². The van der Waals surface area contributed by atoms with Gasteiger partial charge in [-0.2, -0.15) is 0 Å². The number of rotatable bonds is 11. The van der Waals surface area contributed by atoms with E-state index in [1.807, 2.05) is 88.4 Å². The van der Waals surface area contributed by atoms with Crippen LogP contribution in [0.4, 0.5) is 4.79 Å². The van der Waals surface area contributed by atoms with E-state index < -0.39 is 29.9 Å². The third-order valence-corrected chi connectivity index (χ3v) is 7.08. The predicted octanol–water partition coefficient (Wildman–Crippen LogP) is 4.61. The highest BCUT2D eigenvalue weighted by molar-refractivity contribution is 5.92. The number of benzene rings is 2. The van der Waals surface area contributed by atoms with Gasteiger partial charge in [0.1, 0.15) is 0 Å². The second-order valence-electron chi connectivity index (χ2n) is 10.6. The monoisotopic (exact) mass is 507 g/mol. The number of carbonyl (C=O) groups excluding carboxylic acids is 3. The summed E-state index contributed by atoms with van der Waals surface area (Å²) in [6.07, 6.45) is -0.298. The Labute approximate surface area is 218 Å². The zero-order chi connectivity index (χ0) is 26.6. The van der Waals surface area contributed by atoms with Gasteiger partial charge in [-0.1, -0.05) is 94.3 Å². The zero-order valence-corrected chi connectivity index (χ0v) is 22.1. The second kappa shape index (κ2) is 11.4. The van der Waals surface area contributed by atoms with Gasteiger partial charge in [-0.05, 0) is 24.5 Å². The molecule has 2 aliphatic rings. The number of ketones is 1. The molecule has 37 heavy (non-hydrogen) atoms. The molecule has 2 fully saturated rings. The van der Waals surface area contributed by atoms with Crippen LogP contribution in [0.1, 0.15) is 64.1 Å². The number of hydrogen-bond acceptors (Lipinski definition) is 6. The summed E-state index contributed by atoms with van der Waals surface area (Å²) in [5.74, 6) is -0.440. The molecular formula is C29H37N3O5. The van der Waals surface area contributed by atoms with Gasteiger partial charge in [0, 0.05) is 18.5 Å². The zero-order valence-electron chi connectivity index (χ0n) is 22.1. The van der Waals surface area contributed by atoms with Crippen molar-refractivity contribution in [2.75, 3.05) is 6.54 Å². The Morgan fingerprint density at radius 1 is 1.11 bits per heavy atom. The summed E-state index contributed by atoms with van der Waals surface area (Å²) in [6.45, 7) is 8.75. The molecule has 5 atom stereocenters. The molecule has 0 aromatic heterocycles. The van der Waals surface area contributed by atoms with Crippen LogP contribution in [0.2, 0.25) is 0 Å². The van der Waals surface area contributed by atoms with Crippen LogP contribution in [0, 0.1) is 5.41 Å². The fourth-order valence-corrected chi connectivity index (χ4v) is 4.89. The minimum absolute atomic E-state index is 0.0959. The van der Waals surface area contributed by atoms with E-state index in [-0.39, 0.29) is 17.7 Å². The average molecular weight is 508 g/mol. The summed E-state index contributed by atoms with van der Waals surface area (Å²) in [7, 11) is 0. The van der Waals surface area contributed by atoms with Gasteiger partial charge in [-0.25, -0.2) is 4.79 Å². The summed E-state index contributed by atoms with van der Waals surface area (Å²) in [5, 5.41) is 4.38. The highest BCUT2D eigenvalue weighted by Crippen LogP contribution is 2.36. The molecule has 2 aliphatic heterocycles. The van der Waals surface area contributed by atoms with Gasteiger partial charge >= 0.3 is 6.09 Å². The largest absolute Gasteiger partial charge is 0.435 e. The highest BCUT2D eigenvalue weighted by atomic mass is 16.8. The number of Topliss-reactive ketones (excluding diaryl/α,β-unsaturated/α-hetero) is 1. The molecule has 198 valence electrons. The number of hydroxylamine groups is 2. The molecule has 3 unspecified atom stereocenters. The quantitative estimate of drug-likeness (QED) is 0.447. The van der Waals surface area contributed by atoms with Crippen LogP contribution in [0.3, 0.4) is 0 Å². The number of unbranched alkanes of at least 4 members (excludes halogenated alkanes) is 1. The third kappa shape index (κ3) is 6.37. The number of alkyl carbamates (subject to hydrolysis) is 1. The maximum Gasteiger partial charge on any atom is 0.408 e. The van der Waals surface area contributed by atoms with Crippen molar-refractivity contribution in [3.63, 3.8) is 0 Å². The minimum Gasteiger partial charge on any atom is -0.435 e. The number of likely N-dealkylation sites (tertiary alicyclic amines) is 1. The first-order chi connectivity index (χ1) is 17.7. The van der Waals surface area contributed by atoms with Crippen LogP contribution in [-0.2, 0) is 25.7 Å². The lowest BCUT2D eigenvalue weighted by atomic mass is 9.90. The molecule has 2 amide bonds. The second-order valence-corrected chi connectivity index (χ2v) is 10.6. The van der Waals surface area contributed by atoms with Crippen molar-refractivity contribution in [1.82, 2.24) is 15.3 Å². The van der Waals surface area contributed by atoms with Crippen LogP contribution in [-0.4, -0.2) is 52.7 Å². The van der Waals surface area contributed by atoms with Crippen LogP contribution in [0.15, 0.2) is 60.7 Å². The molecule has 2 aromatic carbocycles. The fraction of sp³-hybridized carbons (Fsp3) is 0.483.